The highest BCUT2D eigenvalue weighted by Crippen LogP contribution is 2.33. The number of pyridine rings is 1. The lowest BCUT2D eigenvalue weighted by Gasteiger charge is -2.37. The zero-order chi connectivity index (χ0) is 21.6. The summed E-state index contributed by atoms with van der Waals surface area (Å²) in [7, 11) is 0. The number of H-pyrrole nitrogens is 1. The molecule has 158 valence electrons. The Labute approximate surface area is 176 Å². The number of Topliss-reactive ketones (excluding diaryl/α,β-unsaturated/α-hetero) is 1. The lowest BCUT2D eigenvalue weighted by Crippen LogP contribution is -2.50. The van der Waals surface area contributed by atoms with Crippen LogP contribution in [0.15, 0.2) is 29.1 Å². The number of fused-ring (bicyclic) bond motifs is 1. The van der Waals surface area contributed by atoms with Crippen molar-refractivity contribution in [3.8, 4) is 0 Å². The van der Waals surface area contributed by atoms with E-state index >= 15 is 0 Å². The zero-order valence-electron chi connectivity index (χ0n) is 18.2. The number of ketones is 1. The van der Waals surface area contributed by atoms with Crippen molar-refractivity contribution in [3.05, 3.63) is 62.6 Å². The Morgan fingerprint density at radius 2 is 1.73 bits per heavy atom. The Hall–Kier alpha value is -2.89. The van der Waals surface area contributed by atoms with Gasteiger partial charge in [0.25, 0.3) is 11.5 Å². The minimum absolute atomic E-state index is 0.00806. The summed E-state index contributed by atoms with van der Waals surface area (Å²) in [5.74, 6) is -0.302. The standard InChI is InChI=1S/C24H29N3O3/c1-15-6-5-7-20(16(15)2)26-8-10-27(11-9-26)23(30)18-12-17-19(25-22(18)29)13-24(3,4)14-21(17)28/h5-7,12H,8-11,13-14H2,1-4H3,(H,25,29). The smallest absolute Gasteiger partial charge is 0.261 e. The Morgan fingerprint density at radius 3 is 2.43 bits per heavy atom. The fourth-order valence-corrected chi connectivity index (χ4v) is 4.59. The monoisotopic (exact) mass is 407 g/mol. The van der Waals surface area contributed by atoms with Crippen LogP contribution < -0.4 is 10.5 Å². The number of anilines is 1. The Bertz CT molecular complexity index is 1080. The van der Waals surface area contributed by atoms with Gasteiger partial charge in [-0.05, 0) is 48.9 Å². The number of hydrogen-bond acceptors (Lipinski definition) is 4. The molecule has 0 unspecified atom stereocenters. The van der Waals surface area contributed by atoms with Gasteiger partial charge in [0, 0.05) is 49.5 Å². The van der Waals surface area contributed by atoms with Crippen LogP contribution in [0, 0.1) is 19.3 Å². The summed E-state index contributed by atoms with van der Waals surface area (Å²) in [5, 5.41) is 0. The second kappa shape index (κ2) is 7.42. The summed E-state index contributed by atoms with van der Waals surface area (Å²) < 4.78 is 0. The molecule has 1 fully saturated rings. The van der Waals surface area contributed by atoms with Crippen molar-refractivity contribution >= 4 is 17.4 Å². The Kier molecular flexibility index (Phi) is 5.04. The fourth-order valence-electron chi connectivity index (χ4n) is 4.59. The number of nitrogens with zero attached hydrogens (tertiary/aromatic N) is 2. The minimum Gasteiger partial charge on any atom is -0.368 e. The summed E-state index contributed by atoms with van der Waals surface area (Å²) >= 11 is 0. The summed E-state index contributed by atoms with van der Waals surface area (Å²) in [6, 6.07) is 7.79. The van der Waals surface area contributed by atoms with Crippen LogP contribution in [-0.4, -0.2) is 47.8 Å². The van der Waals surface area contributed by atoms with Crippen molar-refractivity contribution in [2.45, 2.75) is 40.5 Å². The van der Waals surface area contributed by atoms with E-state index in [2.05, 4.69) is 41.9 Å². The predicted octanol–water partition coefficient (Wildman–Crippen LogP) is 3.11. The molecule has 2 heterocycles. The second-order valence-corrected chi connectivity index (χ2v) is 9.34. The third-order valence-corrected chi connectivity index (χ3v) is 6.43. The number of carbonyl (C=O) groups excluding carboxylic acids is 2. The largest absolute Gasteiger partial charge is 0.368 e. The third-order valence-electron chi connectivity index (χ3n) is 6.43. The SMILES string of the molecule is Cc1cccc(N2CCN(C(=O)c3cc4c([nH]c3=O)CC(C)(C)CC4=O)CC2)c1C. The molecule has 1 amide bonds. The van der Waals surface area contributed by atoms with Crippen molar-refractivity contribution in [2.24, 2.45) is 5.41 Å². The van der Waals surface area contributed by atoms with Gasteiger partial charge in [-0.1, -0.05) is 26.0 Å². The summed E-state index contributed by atoms with van der Waals surface area (Å²) in [6.45, 7) is 10.8. The van der Waals surface area contributed by atoms with Gasteiger partial charge >= 0.3 is 0 Å². The molecule has 2 aliphatic rings. The molecule has 0 saturated carbocycles. The normalized spacial score (nSPS) is 18.3. The van der Waals surface area contributed by atoms with Crippen molar-refractivity contribution < 1.29 is 9.59 Å². The van der Waals surface area contributed by atoms with Crippen LogP contribution in [0.25, 0.3) is 0 Å². The number of hydrogen-bond donors (Lipinski definition) is 1. The molecule has 2 aromatic rings. The number of aryl methyl sites for hydroxylation is 1. The highest BCUT2D eigenvalue weighted by Gasteiger charge is 2.33. The van der Waals surface area contributed by atoms with E-state index < -0.39 is 5.56 Å². The molecule has 30 heavy (non-hydrogen) atoms. The molecule has 1 aliphatic carbocycles. The first kappa shape index (κ1) is 20.4. The lowest BCUT2D eigenvalue weighted by atomic mass is 9.75. The number of aromatic amines is 1. The molecular weight excluding hydrogens is 378 g/mol. The van der Waals surface area contributed by atoms with E-state index in [1.165, 1.54) is 22.9 Å². The first-order valence-electron chi connectivity index (χ1n) is 10.6. The van der Waals surface area contributed by atoms with Crippen LogP contribution in [0.3, 0.4) is 0 Å². The molecule has 1 saturated heterocycles. The van der Waals surface area contributed by atoms with E-state index in [9.17, 15) is 14.4 Å². The molecule has 0 spiro atoms. The molecule has 6 heteroatoms. The molecular formula is C24H29N3O3. The molecule has 1 aromatic carbocycles. The molecule has 1 N–H and O–H groups in total. The van der Waals surface area contributed by atoms with Crippen LogP contribution in [0.5, 0.6) is 0 Å². The van der Waals surface area contributed by atoms with Gasteiger partial charge in [-0.3, -0.25) is 14.4 Å². The first-order chi connectivity index (χ1) is 14.2. The third kappa shape index (κ3) is 3.66. The highest BCUT2D eigenvalue weighted by atomic mass is 16.2. The van der Waals surface area contributed by atoms with Crippen molar-refractivity contribution in [1.29, 1.82) is 0 Å². The molecule has 0 radical (unpaired) electrons. The Balaban J connectivity index is 1.53. The van der Waals surface area contributed by atoms with Crippen LogP contribution in [0.2, 0.25) is 0 Å². The maximum Gasteiger partial charge on any atom is 0.261 e. The number of benzene rings is 1. The van der Waals surface area contributed by atoms with E-state index in [-0.39, 0.29) is 22.7 Å². The number of rotatable bonds is 2. The van der Waals surface area contributed by atoms with Gasteiger partial charge in [0.1, 0.15) is 5.56 Å². The number of aromatic nitrogens is 1. The molecule has 0 atom stereocenters. The number of carbonyl (C=O) groups is 2. The van der Waals surface area contributed by atoms with Crippen LogP contribution >= 0.6 is 0 Å². The van der Waals surface area contributed by atoms with Gasteiger partial charge in [0.15, 0.2) is 5.78 Å². The van der Waals surface area contributed by atoms with E-state index in [1.54, 1.807) is 4.90 Å². The molecule has 1 aliphatic heterocycles. The van der Waals surface area contributed by atoms with Crippen LogP contribution in [0.1, 0.15) is 57.8 Å². The quantitative estimate of drug-likeness (QED) is 0.830. The number of nitrogens with one attached hydrogen (secondary N) is 1. The van der Waals surface area contributed by atoms with Crippen molar-refractivity contribution in [3.63, 3.8) is 0 Å². The zero-order valence-corrected chi connectivity index (χ0v) is 18.2. The molecule has 6 nitrogen and oxygen atoms in total. The summed E-state index contributed by atoms with van der Waals surface area (Å²) in [4.78, 5) is 45.1. The van der Waals surface area contributed by atoms with Crippen LogP contribution in [-0.2, 0) is 6.42 Å². The number of amides is 1. The predicted molar refractivity (Wildman–Crippen MR) is 118 cm³/mol. The average Bonchev–Trinajstić information content (AvgIpc) is 2.68. The number of piperazine rings is 1. The van der Waals surface area contributed by atoms with Gasteiger partial charge < -0.3 is 14.8 Å². The van der Waals surface area contributed by atoms with E-state index in [0.717, 1.165) is 0 Å². The first-order valence-corrected chi connectivity index (χ1v) is 10.6. The summed E-state index contributed by atoms with van der Waals surface area (Å²) in [6.07, 6.45) is 1.06. The van der Waals surface area contributed by atoms with Gasteiger partial charge in [0.2, 0.25) is 0 Å². The van der Waals surface area contributed by atoms with E-state index in [0.29, 0.717) is 50.3 Å². The van der Waals surface area contributed by atoms with E-state index in [1.807, 2.05) is 13.8 Å². The topological polar surface area (TPSA) is 73.5 Å². The van der Waals surface area contributed by atoms with Gasteiger partial charge in [-0.25, -0.2) is 0 Å². The fraction of sp³-hybridized carbons (Fsp3) is 0.458. The van der Waals surface area contributed by atoms with Crippen molar-refractivity contribution in [2.75, 3.05) is 31.1 Å². The maximum atomic E-state index is 13.1. The van der Waals surface area contributed by atoms with E-state index in [4.69, 9.17) is 0 Å². The van der Waals surface area contributed by atoms with Gasteiger partial charge in [-0.15, -0.1) is 0 Å². The maximum absolute atomic E-state index is 13.1. The Morgan fingerprint density at radius 1 is 1.03 bits per heavy atom. The average molecular weight is 408 g/mol. The van der Waals surface area contributed by atoms with Crippen LogP contribution in [0.4, 0.5) is 5.69 Å². The highest BCUT2D eigenvalue weighted by molar-refractivity contribution is 6.02. The summed E-state index contributed by atoms with van der Waals surface area (Å²) in [5.41, 5.74) is 4.33. The molecule has 1 aromatic heterocycles. The van der Waals surface area contributed by atoms with Crippen molar-refractivity contribution in [1.82, 2.24) is 9.88 Å². The van der Waals surface area contributed by atoms with Gasteiger partial charge in [0.05, 0.1) is 0 Å². The lowest BCUT2D eigenvalue weighted by molar-refractivity contribution is 0.0745. The molecule has 0 bridgehead atoms. The molecule has 4 rings (SSSR count). The minimum atomic E-state index is -0.402. The van der Waals surface area contributed by atoms with Gasteiger partial charge in [-0.2, -0.15) is 0 Å². The second-order valence-electron chi connectivity index (χ2n) is 9.34.